The van der Waals surface area contributed by atoms with Crippen LogP contribution in [0.5, 0.6) is 0 Å². The second kappa shape index (κ2) is 9.29. The highest BCUT2D eigenvalue weighted by Crippen LogP contribution is 2.31. The molecule has 1 aromatic heterocycles. The van der Waals surface area contributed by atoms with Crippen LogP contribution in [0.4, 0.5) is 0 Å². The fourth-order valence-electron chi connectivity index (χ4n) is 4.90. The number of nitrogens with one attached hydrogen (secondary N) is 3. The number of hydrogen-bond donors (Lipinski definition) is 3. The van der Waals surface area contributed by atoms with Crippen LogP contribution in [0.15, 0.2) is 29.3 Å². The number of likely N-dealkylation sites (N-methyl/N-ethyl adjacent to an activating group) is 1. The zero-order valence-corrected chi connectivity index (χ0v) is 20.4. The number of thioether (sulfide) groups is 1. The summed E-state index contributed by atoms with van der Waals surface area (Å²) < 4.78 is 0. The molecule has 2 unspecified atom stereocenters. The Morgan fingerprint density at radius 3 is 2.52 bits per heavy atom. The van der Waals surface area contributed by atoms with Crippen LogP contribution in [0.3, 0.4) is 0 Å². The van der Waals surface area contributed by atoms with Gasteiger partial charge >= 0.3 is 0 Å². The third-order valence-corrected chi connectivity index (χ3v) is 8.39. The van der Waals surface area contributed by atoms with Gasteiger partial charge in [-0.25, -0.2) is 10.0 Å². The predicted molar refractivity (Wildman–Crippen MR) is 133 cm³/mol. The van der Waals surface area contributed by atoms with E-state index >= 15 is 0 Å². The summed E-state index contributed by atoms with van der Waals surface area (Å²) >= 11 is 7.65. The first-order valence-corrected chi connectivity index (χ1v) is 12.7. The van der Waals surface area contributed by atoms with Crippen molar-refractivity contribution in [1.82, 2.24) is 25.6 Å². The Kier molecular flexibility index (Phi) is 6.39. The molecule has 33 heavy (non-hydrogen) atoms. The Bertz CT molecular complexity index is 1100. The van der Waals surface area contributed by atoms with E-state index in [1.54, 1.807) is 17.8 Å². The van der Waals surface area contributed by atoms with Crippen LogP contribution in [0.2, 0.25) is 5.02 Å². The smallest absolute Gasteiger partial charge is 0.276 e. The van der Waals surface area contributed by atoms with E-state index in [0.717, 1.165) is 49.7 Å². The van der Waals surface area contributed by atoms with Gasteiger partial charge in [0.1, 0.15) is 5.69 Å². The Morgan fingerprint density at radius 2 is 1.76 bits per heavy atom. The number of fused-ring (bicyclic) bond motifs is 2. The average Bonchev–Trinajstić information content (AvgIpc) is 3.39. The standard InChI is InChI=1S/C23H29ClN6O2S/c1-29-11-19-20(12-30(29)2)33-23(28-19)22(32)27-17-6-4-3-5-16(17)26-21(31)18-10-13-9-14(24)7-8-15(13)25-18/h7-10,16-17,19-20,25H,3-6,11-12H2,1-2H3,(H,26,31)(H,27,32)/t16-,17+,19?,20?/m0/s1. The van der Waals surface area contributed by atoms with Crippen molar-refractivity contribution in [2.24, 2.45) is 4.99 Å². The molecule has 1 aromatic carbocycles. The average molecular weight is 489 g/mol. The first-order chi connectivity index (χ1) is 15.9. The van der Waals surface area contributed by atoms with E-state index in [4.69, 9.17) is 16.6 Å². The second-order valence-electron chi connectivity index (χ2n) is 9.20. The molecule has 1 aliphatic carbocycles. The van der Waals surface area contributed by atoms with Crippen molar-refractivity contribution >= 4 is 51.1 Å². The highest BCUT2D eigenvalue weighted by atomic mass is 35.5. The minimum Gasteiger partial charge on any atom is -0.351 e. The normalized spacial score (nSPS) is 28.4. The maximum absolute atomic E-state index is 13.0. The van der Waals surface area contributed by atoms with Crippen molar-refractivity contribution in [3.05, 3.63) is 35.0 Å². The molecule has 8 nitrogen and oxygen atoms in total. The molecule has 2 fully saturated rings. The molecule has 2 amide bonds. The number of halogens is 1. The maximum atomic E-state index is 13.0. The summed E-state index contributed by atoms with van der Waals surface area (Å²) in [5.41, 5.74) is 1.36. The molecule has 1 saturated heterocycles. The number of benzene rings is 1. The van der Waals surface area contributed by atoms with Crippen molar-refractivity contribution in [2.75, 3.05) is 27.2 Å². The van der Waals surface area contributed by atoms with Gasteiger partial charge in [0.25, 0.3) is 11.8 Å². The molecule has 1 saturated carbocycles. The zero-order chi connectivity index (χ0) is 23.1. The van der Waals surface area contributed by atoms with E-state index in [1.807, 2.05) is 25.2 Å². The van der Waals surface area contributed by atoms with Crippen molar-refractivity contribution < 1.29 is 9.59 Å². The molecule has 0 spiro atoms. The number of amides is 2. The van der Waals surface area contributed by atoms with Crippen molar-refractivity contribution in [1.29, 1.82) is 0 Å². The van der Waals surface area contributed by atoms with Crippen LogP contribution in [0.1, 0.15) is 36.2 Å². The molecule has 3 aliphatic rings. The van der Waals surface area contributed by atoms with Gasteiger partial charge in [-0.3, -0.25) is 14.6 Å². The van der Waals surface area contributed by atoms with E-state index in [2.05, 4.69) is 32.7 Å². The van der Waals surface area contributed by atoms with Crippen LogP contribution in [-0.2, 0) is 4.79 Å². The predicted octanol–water partition coefficient (Wildman–Crippen LogP) is 2.65. The Balaban J connectivity index is 1.23. The number of H-pyrrole nitrogens is 1. The van der Waals surface area contributed by atoms with Gasteiger partial charge in [0.15, 0.2) is 5.04 Å². The summed E-state index contributed by atoms with van der Waals surface area (Å²) in [6.45, 7) is 1.70. The minimum absolute atomic E-state index is 0.106. The van der Waals surface area contributed by atoms with Gasteiger partial charge in [-0.1, -0.05) is 36.2 Å². The number of aromatic nitrogens is 1. The zero-order valence-electron chi connectivity index (χ0n) is 18.8. The lowest BCUT2D eigenvalue weighted by molar-refractivity contribution is -0.115. The molecule has 3 N–H and O–H groups in total. The Labute approximate surface area is 202 Å². The number of hydrazine groups is 1. The number of carbonyl (C=O) groups excluding carboxylic acids is 2. The van der Waals surface area contributed by atoms with Crippen LogP contribution < -0.4 is 10.6 Å². The van der Waals surface area contributed by atoms with Gasteiger partial charge in [0, 0.05) is 60.4 Å². The Hall–Kier alpha value is -2.07. The second-order valence-corrected chi connectivity index (χ2v) is 10.9. The lowest BCUT2D eigenvalue weighted by Gasteiger charge is -2.38. The van der Waals surface area contributed by atoms with E-state index in [1.165, 1.54) is 0 Å². The fraction of sp³-hybridized carbons (Fsp3) is 0.522. The molecule has 2 aliphatic heterocycles. The highest BCUT2D eigenvalue weighted by molar-refractivity contribution is 8.16. The summed E-state index contributed by atoms with van der Waals surface area (Å²) in [4.78, 5) is 33.9. The first-order valence-electron chi connectivity index (χ1n) is 11.4. The third kappa shape index (κ3) is 4.77. The number of aromatic amines is 1. The number of nitrogens with zero attached hydrogens (tertiary/aromatic N) is 3. The van der Waals surface area contributed by atoms with Crippen molar-refractivity contribution in [3.8, 4) is 0 Å². The van der Waals surface area contributed by atoms with E-state index in [0.29, 0.717) is 21.0 Å². The van der Waals surface area contributed by atoms with Crippen LogP contribution in [0.25, 0.3) is 10.9 Å². The number of hydrogen-bond acceptors (Lipinski definition) is 6. The lowest BCUT2D eigenvalue weighted by Crippen LogP contribution is -2.54. The summed E-state index contributed by atoms with van der Waals surface area (Å²) in [5, 5.41) is 13.0. The SMILES string of the molecule is CN1CC2N=C(C(=O)N[C@@H]3CCCC[C@@H]3NC(=O)c3cc4cc(Cl)ccc4[nH]3)SC2CN1C. The molecule has 0 bridgehead atoms. The number of aliphatic imine (C=N–C) groups is 1. The van der Waals surface area contributed by atoms with E-state index in [-0.39, 0.29) is 29.9 Å². The quantitative estimate of drug-likeness (QED) is 0.615. The molecule has 0 radical (unpaired) electrons. The molecule has 4 atom stereocenters. The minimum atomic E-state index is -0.168. The van der Waals surface area contributed by atoms with Gasteiger partial charge < -0.3 is 15.6 Å². The summed E-state index contributed by atoms with van der Waals surface area (Å²) in [5.74, 6) is -0.288. The van der Waals surface area contributed by atoms with E-state index in [9.17, 15) is 9.59 Å². The fourth-order valence-corrected chi connectivity index (χ4v) is 6.33. The number of carbonyl (C=O) groups is 2. The van der Waals surface area contributed by atoms with Crippen LogP contribution in [0, 0.1) is 0 Å². The van der Waals surface area contributed by atoms with Gasteiger partial charge in [0.2, 0.25) is 0 Å². The molecule has 176 valence electrons. The molecule has 2 aromatic rings. The molecule has 10 heteroatoms. The maximum Gasteiger partial charge on any atom is 0.276 e. The largest absolute Gasteiger partial charge is 0.351 e. The van der Waals surface area contributed by atoms with Gasteiger partial charge in [-0.15, -0.1) is 0 Å². The van der Waals surface area contributed by atoms with Crippen molar-refractivity contribution in [3.63, 3.8) is 0 Å². The number of rotatable bonds is 4. The third-order valence-electron chi connectivity index (χ3n) is 6.87. The lowest BCUT2D eigenvalue weighted by atomic mass is 9.90. The molecule has 3 heterocycles. The van der Waals surface area contributed by atoms with Gasteiger partial charge in [-0.2, -0.15) is 0 Å². The summed E-state index contributed by atoms with van der Waals surface area (Å²) in [6, 6.07) is 7.24. The highest BCUT2D eigenvalue weighted by Gasteiger charge is 2.39. The summed E-state index contributed by atoms with van der Waals surface area (Å²) in [7, 11) is 4.11. The Morgan fingerprint density at radius 1 is 1.06 bits per heavy atom. The van der Waals surface area contributed by atoms with Gasteiger partial charge in [-0.05, 0) is 37.1 Å². The first kappa shape index (κ1) is 22.7. The van der Waals surface area contributed by atoms with E-state index < -0.39 is 0 Å². The van der Waals surface area contributed by atoms with Crippen LogP contribution in [-0.4, -0.2) is 82.4 Å². The molecule has 5 rings (SSSR count). The summed E-state index contributed by atoms with van der Waals surface area (Å²) in [6.07, 6.45) is 3.74. The van der Waals surface area contributed by atoms with Crippen LogP contribution >= 0.6 is 23.4 Å². The molecular formula is C23H29ClN6O2S. The monoisotopic (exact) mass is 488 g/mol. The topological polar surface area (TPSA) is 92.8 Å². The molecular weight excluding hydrogens is 460 g/mol. The van der Waals surface area contributed by atoms with Crippen molar-refractivity contribution in [2.45, 2.75) is 49.1 Å². The van der Waals surface area contributed by atoms with Gasteiger partial charge in [0.05, 0.1) is 6.04 Å².